The first-order valence-corrected chi connectivity index (χ1v) is 11.4. The fourth-order valence-electron chi connectivity index (χ4n) is 4.07. The predicted molar refractivity (Wildman–Crippen MR) is 128 cm³/mol. The van der Waals surface area contributed by atoms with Gasteiger partial charge in [0.1, 0.15) is 5.52 Å². The van der Waals surface area contributed by atoms with E-state index in [1.807, 2.05) is 54.6 Å². The van der Waals surface area contributed by atoms with Gasteiger partial charge in [-0.05, 0) is 41.7 Å². The molecule has 0 bridgehead atoms. The van der Waals surface area contributed by atoms with Gasteiger partial charge in [-0.15, -0.1) is 0 Å². The largest absolute Gasteiger partial charge is 0.481 e. The van der Waals surface area contributed by atoms with Gasteiger partial charge in [-0.2, -0.15) is 0 Å². The van der Waals surface area contributed by atoms with E-state index < -0.39 is 5.97 Å². The number of hydrogen-bond donors (Lipinski definition) is 1. The molecule has 0 saturated heterocycles. The van der Waals surface area contributed by atoms with Gasteiger partial charge in [0.2, 0.25) is 5.89 Å². The zero-order chi connectivity index (χ0) is 23.2. The summed E-state index contributed by atoms with van der Waals surface area (Å²) in [5.74, 6) is -0.240. The predicted octanol–water partition coefficient (Wildman–Crippen LogP) is 6.86. The molecule has 1 heterocycles. The molecule has 0 spiro atoms. The molecule has 0 fully saturated rings. The highest BCUT2D eigenvalue weighted by atomic mass is 16.4. The van der Waals surface area contributed by atoms with E-state index in [4.69, 9.17) is 14.5 Å². The Morgan fingerprint density at radius 1 is 0.939 bits per heavy atom. The first kappa shape index (κ1) is 22.5. The van der Waals surface area contributed by atoms with Gasteiger partial charge in [-0.3, -0.25) is 9.59 Å². The molecular formula is C28H27NO4. The van der Waals surface area contributed by atoms with Gasteiger partial charge < -0.3 is 9.52 Å². The van der Waals surface area contributed by atoms with E-state index in [1.54, 1.807) is 0 Å². The number of fused-ring (bicyclic) bond motifs is 1. The number of aliphatic carboxylic acids is 1. The highest BCUT2D eigenvalue weighted by Crippen LogP contribution is 2.33. The first-order valence-electron chi connectivity index (χ1n) is 11.4. The molecule has 5 nitrogen and oxygen atoms in total. The number of benzene rings is 3. The van der Waals surface area contributed by atoms with Crippen molar-refractivity contribution in [3.05, 3.63) is 89.8 Å². The van der Waals surface area contributed by atoms with Crippen molar-refractivity contribution in [2.75, 3.05) is 0 Å². The third-order valence-electron chi connectivity index (χ3n) is 5.82. The normalized spacial score (nSPS) is 12.0. The number of Topliss-reactive ketones (excluding diaryl/α,β-unsaturated/α-hetero) is 1. The molecule has 1 unspecified atom stereocenters. The number of nitrogens with zero attached hydrogens (tertiary/aromatic N) is 1. The van der Waals surface area contributed by atoms with E-state index in [9.17, 15) is 9.59 Å². The molecule has 0 saturated carbocycles. The van der Waals surface area contributed by atoms with E-state index in [2.05, 4.69) is 25.1 Å². The SMILES string of the molecule is CCCC(c1ccc(C(=O)CCCC(=O)O)cc1)c1nc2cc(-c3ccccc3)ccc2o1. The minimum absolute atomic E-state index is 0.00117. The van der Waals surface area contributed by atoms with Crippen LogP contribution in [0.4, 0.5) is 0 Å². The third-order valence-corrected chi connectivity index (χ3v) is 5.82. The molecular weight excluding hydrogens is 414 g/mol. The van der Waals surface area contributed by atoms with Crippen LogP contribution in [-0.4, -0.2) is 21.8 Å². The molecule has 168 valence electrons. The number of carboxylic acids is 1. The number of carboxylic acid groups (broad SMARTS) is 1. The zero-order valence-corrected chi connectivity index (χ0v) is 18.7. The molecule has 4 rings (SSSR count). The van der Waals surface area contributed by atoms with Crippen molar-refractivity contribution >= 4 is 22.9 Å². The van der Waals surface area contributed by atoms with Gasteiger partial charge in [-0.1, -0.05) is 74.0 Å². The van der Waals surface area contributed by atoms with Gasteiger partial charge in [0.05, 0.1) is 5.92 Å². The summed E-state index contributed by atoms with van der Waals surface area (Å²) in [5, 5.41) is 8.75. The number of hydrogen-bond acceptors (Lipinski definition) is 4. The average molecular weight is 442 g/mol. The number of oxazole rings is 1. The molecule has 0 aliphatic carbocycles. The summed E-state index contributed by atoms with van der Waals surface area (Å²) in [6.45, 7) is 2.13. The molecule has 1 N–H and O–H groups in total. The van der Waals surface area contributed by atoms with Gasteiger partial charge >= 0.3 is 5.97 Å². The minimum atomic E-state index is -0.880. The van der Waals surface area contributed by atoms with Gasteiger partial charge in [-0.25, -0.2) is 4.98 Å². The van der Waals surface area contributed by atoms with Crippen LogP contribution in [0.1, 0.15) is 66.8 Å². The molecule has 0 radical (unpaired) electrons. The summed E-state index contributed by atoms with van der Waals surface area (Å²) >= 11 is 0. The van der Waals surface area contributed by atoms with Crippen molar-refractivity contribution < 1.29 is 19.1 Å². The van der Waals surface area contributed by atoms with Crippen molar-refractivity contribution in [2.45, 2.75) is 44.9 Å². The summed E-state index contributed by atoms with van der Waals surface area (Å²) in [7, 11) is 0. The number of carbonyl (C=O) groups excluding carboxylic acids is 1. The second kappa shape index (κ2) is 10.3. The first-order chi connectivity index (χ1) is 16.0. The quantitative estimate of drug-likeness (QED) is 0.272. The highest BCUT2D eigenvalue weighted by Gasteiger charge is 2.20. The number of rotatable bonds is 10. The monoisotopic (exact) mass is 441 g/mol. The lowest BCUT2D eigenvalue weighted by Crippen LogP contribution is -2.04. The fourth-order valence-corrected chi connectivity index (χ4v) is 4.07. The van der Waals surface area contributed by atoms with Crippen LogP contribution in [0.3, 0.4) is 0 Å². The minimum Gasteiger partial charge on any atom is -0.481 e. The lowest BCUT2D eigenvalue weighted by atomic mass is 9.92. The van der Waals surface area contributed by atoms with E-state index >= 15 is 0 Å². The van der Waals surface area contributed by atoms with Crippen LogP contribution in [0.2, 0.25) is 0 Å². The Bertz CT molecular complexity index is 1240. The Morgan fingerprint density at radius 3 is 2.39 bits per heavy atom. The third kappa shape index (κ3) is 5.37. The average Bonchev–Trinajstić information content (AvgIpc) is 3.26. The van der Waals surface area contributed by atoms with Crippen LogP contribution in [0, 0.1) is 0 Å². The molecule has 0 aliphatic rings. The Balaban J connectivity index is 1.56. The Morgan fingerprint density at radius 2 is 1.70 bits per heavy atom. The van der Waals surface area contributed by atoms with E-state index in [1.165, 1.54) is 0 Å². The van der Waals surface area contributed by atoms with Crippen molar-refractivity contribution in [3.63, 3.8) is 0 Å². The van der Waals surface area contributed by atoms with E-state index in [0.29, 0.717) is 17.9 Å². The Kier molecular flexibility index (Phi) is 6.98. The van der Waals surface area contributed by atoms with Gasteiger partial charge in [0, 0.05) is 18.4 Å². The van der Waals surface area contributed by atoms with E-state index in [-0.39, 0.29) is 24.5 Å². The maximum Gasteiger partial charge on any atom is 0.303 e. The molecule has 0 amide bonds. The van der Waals surface area contributed by atoms with Crippen LogP contribution in [0.15, 0.2) is 77.2 Å². The van der Waals surface area contributed by atoms with Crippen LogP contribution >= 0.6 is 0 Å². The summed E-state index contributed by atoms with van der Waals surface area (Å²) in [6.07, 6.45) is 2.44. The van der Waals surface area contributed by atoms with Crippen molar-refractivity contribution in [1.29, 1.82) is 0 Å². The second-order valence-electron chi connectivity index (χ2n) is 8.23. The molecule has 1 atom stereocenters. The van der Waals surface area contributed by atoms with Crippen molar-refractivity contribution in [2.24, 2.45) is 0 Å². The maximum absolute atomic E-state index is 12.3. The zero-order valence-electron chi connectivity index (χ0n) is 18.7. The lowest BCUT2D eigenvalue weighted by Gasteiger charge is -2.13. The Labute approximate surface area is 193 Å². The number of aromatic nitrogens is 1. The van der Waals surface area contributed by atoms with E-state index in [0.717, 1.165) is 40.6 Å². The number of carbonyl (C=O) groups is 2. The molecule has 0 aliphatic heterocycles. The molecule has 33 heavy (non-hydrogen) atoms. The van der Waals surface area contributed by atoms with Gasteiger partial charge in [0.25, 0.3) is 0 Å². The topological polar surface area (TPSA) is 80.4 Å². The van der Waals surface area contributed by atoms with Crippen molar-refractivity contribution in [1.82, 2.24) is 4.98 Å². The molecule has 5 heteroatoms. The van der Waals surface area contributed by atoms with Crippen LogP contribution in [0.5, 0.6) is 0 Å². The smallest absolute Gasteiger partial charge is 0.303 e. The number of ketones is 1. The summed E-state index contributed by atoms with van der Waals surface area (Å²) in [6, 6.07) is 23.8. The van der Waals surface area contributed by atoms with Crippen LogP contribution < -0.4 is 0 Å². The Hall–Kier alpha value is -3.73. The van der Waals surface area contributed by atoms with Crippen molar-refractivity contribution in [3.8, 4) is 11.1 Å². The summed E-state index contributed by atoms with van der Waals surface area (Å²) in [5.41, 5.74) is 5.48. The van der Waals surface area contributed by atoms with Crippen LogP contribution in [0.25, 0.3) is 22.2 Å². The molecule has 3 aromatic carbocycles. The second-order valence-corrected chi connectivity index (χ2v) is 8.23. The fraction of sp³-hybridized carbons (Fsp3) is 0.250. The van der Waals surface area contributed by atoms with Crippen LogP contribution in [-0.2, 0) is 4.79 Å². The standard InChI is InChI=1S/C28H27NO4/c1-2-7-23(20-12-14-21(15-13-20)25(30)10-6-11-27(31)32)28-29-24-18-22(16-17-26(24)33-28)19-8-4-3-5-9-19/h3-5,8-9,12-18,23H,2,6-7,10-11H2,1H3,(H,31,32). The summed E-state index contributed by atoms with van der Waals surface area (Å²) < 4.78 is 6.15. The molecule has 4 aromatic rings. The lowest BCUT2D eigenvalue weighted by molar-refractivity contribution is -0.137. The highest BCUT2D eigenvalue weighted by molar-refractivity contribution is 5.96. The van der Waals surface area contributed by atoms with Gasteiger partial charge in [0.15, 0.2) is 11.4 Å². The maximum atomic E-state index is 12.3. The molecule has 1 aromatic heterocycles. The summed E-state index contributed by atoms with van der Waals surface area (Å²) in [4.78, 5) is 27.8.